The fourth-order valence-corrected chi connectivity index (χ4v) is 4.76. The smallest absolute Gasteiger partial charge is 0.227 e. The number of pyridine rings is 1. The molecule has 178 valence electrons. The van der Waals surface area contributed by atoms with E-state index in [2.05, 4.69) is 48.6 Å². The van der Waals surface area contributed by atoms with Gasteiger partial charge in [0, 0.05) is 69.0 Å². The minimum atomic E-state index is 0.229. The quantitative estimate of drug-likeness (QED) is 0.511. The molecule has 0 radical (unpaired) electrons. The lowest BCUT2D eigenvalue weighted by Gasteiger charge is -2.39. The molecule has 1 saturated heterocycles. The second kappa shape index (κ2) is 10.9. The van der Waals surface area contributed by atoms with Gasteiger partial charge >= 0.3 is 0 Å². The van der Waals surface area contributed by atoms with Gasteiger partial charge in [-0.2, -0.15) is 0 Å². The first-order valence-corrected chi connectivity index (χ1v) is 12.2. The standard InChI is InChI=1S/C26H33N7O/c34-19-23-6-1-2-10-27-25-8-7-21(17-29-25)24-9-11-28-26(31-24)30-22-5-3-4-20(16-22)18-32-12-14-33(23)15-13-32/h3-5,7-9,11,16-17,23,34H,1-2,6,10,12-15,18-19H2,(H,27,29)(H,28,30,31). The van der Waals surface area contributed by atoms with Crippen molar-refractivity contribution in [2.24, 2.45) is 0 Å². The topological polar surface area (TPSA) is 89.4 Å². The number of aliphatic hydroxyl groups excluding tert-OH is 1. The van der Waals surface area contributed by atoms with Crippen molar-refractivity contribution in [3.8, 4) is 11.3 Å². The van der Waals surface area contributed by atoms with E-state index in [1.165, 1.54) is 5.56 Å². The van der Waals surface area contributed by atoms with Crippen LogP contribution in [0.5, 0.6) is 0 Å². The molecule has 1 fully saturated rings. The zero-order chi connectivity index (χ0) is 23.2. The van der Waals surface area contributed by atoms with E-state index in [1.807, 2.05) is 30.5 Å². The second-order valence-corrected chi connectivity index (χ2v) is 9.09. The van der Waals surface area contributed by atoms with E-state index in [4.69, 9.17) is 4.98 Å². The van der Waals surface area contributed by atoms with Crippen molar-refractivity contribution in [2.75, 3.05) is 50.0 Å². The molecule has 1 aromatic carbocycles. The lowest BCUT2D eigenvalue weighted by atomic mass is 10.1. The number of anilines is 3. The molecule has 8 bridgehead atoms. The molecule has 3 N–H and O–H groups in total. The number of aliphatic hydroxyl groups is 1. The first kappa shape index (κ1) is 22.7. The summed E-state index contributed by atoms with van der Waals surface area (Å²) in [6.07, 6.45) is 6.78. The lowest BCUT2D eigenvalue weighted by molar-refractivity contribution is 0.0576. The summed E-state index contributed by atoms with van der Waals surface area (Å²) in [4.78, 5) is 18.6. The van der Waals surface area contributed by atoms with Crippen molar-refractivity contribution in [1.29, 1.82) is 0 Å². The Morgan fingerprint density at radius 1 is 1.00 bits per heavy atom. The Labute approximate surface area is 201 Å². The fourth-order valence-electron chi connectivity index (χ4n) is 4.76. The van der Waals surface area contributed by atoms with E-state index >= 15 is 0 Å². The monoisotopic (exact) mass is 459 g/mol. The highest BCUT2D eigenvalue weighted by Crippen LogP contribution is 2.22. The van der Waals surface area contributed by atoms with Crippen LogP contribution in [0.25, 0.3) is 11.3 Å². The van der Waals surface area contributed by atoms with Crippen LogP contribution < -0.4 is 10.6 Å². The van der Waals surface area contributed by atoms with Gasteiger partial charge in [-0.3, -0.25) is 9.80 Å². The van der Waals surface area contributed by atoms with Gasteiger partial charge in [-0.1, -0.05) is 18.6 Å². The second-order valence-electron chi connectivity index (χ2n) is 9.09. The van der Waals surface area contributed by atoms with Gasteiger partial charge in [-0.15, -0.1) is 0 Å². The largest absolute Gasteiger partial charge is 0.395 e. The van der Waals surface area contributed by atoms with E-state index in [9.17, 15) is 5.11 Å². The van der Waals surface area contributed by atoms with Crippen LogP contribution in [0, 0.1) is 0 Å². The van der Waals surface area contributed by atoms with Crippen LogP contribution >= 0.6 is 0 Å². The number of rotatable bonds is 1. The third kappa shape index (κ3) is 5.70. The Balaban J connectivity index is 1.37. The highest BCUT2D eigenvalue weighted by atomic mass is 16.3. The molecule has 0 amide bonds. The zero-order valence-corrected chi connectivity index (χ0v) is 19.5. The summed E-state index contributed by atoms with van der Waals surface area (Å²) in [5.74, 6) is 1.44. The number of benzene rings is 1. The molecule has 5 aliphatic heterocycles. The van der Waals surface area contributed by atoms with E-state index in [0.717, 1.165) is 81.3 Å². The Morgan fingerprint density at radius 2 is 1.91 bits per heavy atom. The van der Waals surface area contributed by atoms with Gasteiger partial charge in [0.05, 0.1) is 12.3 Å². The van der Waals surface area contributed by atoms with Gasteiger partial charge < -0.3 is 15.7 Å². The van der Waals surface area contributed by atoms with Gasteiger partial charge in [0.1, 0.15) is 5.82 Å². The summed E-state index contributed by atoms with van der Waals surface area (Å²) in [5, 5.41) is 16.8. The van der Waals surface area contributed by atoms with Gasteiger partial charge in [0.25, 0.3) is 0 Å². The summed E-state index contributed by atoms with van der Waals surface area (Å²) >= 11 is 0. The molecule has 0 spiro atoms. The summed E-state index contributed by atoms with van der Waals surface area (Å²) in [5.41, 5.74) is 4.04. The molecule has 5 aliphatic rings. The maximum atomic E-state index is 9.98. The lowest BCUT2D eigenvalue weighted by Crippen LogP contribution is -2.51. The molecule has 7 heterocycles. The third-order valence-electron chi connectivity index (χ3n) is 6.71. The van der Waals surface area contributed by atoms with Gasteiger partial charge in [-0.05, 0) is 48.7 Å². The van der Waals surface area contributed by atoms with Crippen molar-refractivity contribution >= 4 is 17.5 Å². The third-order valence-corrected chi connectivity index (χ3v) is 6.71. The summed E-state index contributed by atoms with van der Waals surface area (Å²) < 4.78 is 0. The van der Waals surface area contributed by atoms with Crippen molar-refractivity contribution in [3.63, 3.8) is 0 Å². The van der Waals surface area contributed by atoms with Crippen LogP contribution in [0.4, 0.5) is 17.5 Å². The Morgan fingerprint density at radius 3 is 2.74 bits per heavy atom. The van der Waals surface area contributed by atoms with E-state index in [0.29, 0.717) is 5.95 Å². The molecule has 34 heavy (non-hydrogen) atoms. The number of hydrogen-bond acceptors (Lipinski definition) is 8. The fraction of sp³-hybridized carbons (Fsp3) is 0.423. The van der Waals surface area contributed by atoms with Crippen LogP contribution in [0.1, 0.15) is 24.8 Å². The molecule has 8 heteroatoms. The SMILES string of the molecule is OCC1CCCCNc2ccc(cn2)-c2ccnc(n2)Nc2cccc(c2)CN2CCN1CC2. The van der Waals surface area contributed by atoms with E-state index in [1.54, 1.807) is 6.20 Å². The number of hydrogen-bond donors (Lipinski definition) is 3. The van der Waals surface area contributed by atoms with Crippen LogP contribution in [-0.2, 0) is 6.54 Å². The number of nitrogens with one attached hydrogen (secondary N) is 2. The predicted octanol–water partition coefficient (Wildman–Crippen LogP) is 3.36. The molecule has 1 unspecified atom stereocenters. The average molecular weight is 460 g/mol. The minimum Gasteiger partial charge on any atom is -0.395 e. The molecule has 8 rings (SSSR count). The molecule has 0 saturated carbocycles. The Kier molecular flexibility index (Phi) is 7.28. The number of piperazine rings is 1. The maximum absolute atomic E-state index is 9.98. The summed E-state index contributed by atoms with van der Waals surface area (Å²) in [7, 11) is 0. The van der Waals surface area contributed by atoms with E-state index in [-0.39, 0.29) is 12.6 Å². The van der Waals surface area contributed by atoms with Crippen molar-refractivity contribution < 1.29 is 5.11 Å². The highest BCUT2D eigenvalue weighted by molar-refractivity contribution is 5.62. The van der Waals surface area contributed by atoms with Gasteiger partial charge in [0.2, 0.25) is 5.95 Å². The predicted molar refractivity (Wildman–Crippen MR) is 135 cm³/mol. The first-order valence-electron chi connectivity index (χ1n) is 12.2. The minimum absolute atomic E-state index is 0.229. The Bertz CT molecular complexity index is 1070. The summed E-state index contributed by atoms with van der Waals surface area (Å²) in [6, 6.07) is 14.7. The molecule has 0 aliphatic carbocycles. The molecule has 1 atom stereocenters. The van der Waals surface area contributed by atoms with Gasteiger partial charge in [-0.25, -0.2) is 15.0 Å². The molecule has 2 aromatic heterocycles. The zero-order valence-electron chi connectivity index (χ0n) is 19.5. The van der Waals surface area contributed by atoms with Crippen LogP contribution in [-0.4, -0.2) is 75.2 Å². The van der Waals surface area contributed by atoms with Crippen LogP contribution in [0.15, 0.2) is 54.9 Å². The Hall–Kier alpha value is -3.07. The van der Waals surface area contributed by atoms with E-state index < -0.39 is 0 Å². The molecule has 3 aromatic rings. The average Bonchev–Trinajstić information content (AvgIpc) is 2.87. The molecule has 8 nitrogen and oxygen atoms in total. The molecular formula is C26H33N7O. The number of nitrogens with zero attached hydrogens (tertiary/aromatic N) is 5. The van der Waals surface area contributed by atoms with Crippen molar-refractivity contribution in [2.45, 2.75) is 31.8 Å². The highest BCUT2D eigenvalue weighted by Gasteiger charge is 2.23. The summed E-state index contributed by atoms with van der Waals surface area (Å²) in [6.45, 7) is 6.04. The van der Waals surface area contributed by atoms with Crippen LogP contribution in [0.2, 0.25) is 0 Å². The van der Waals surface area contributed by atoms with Crippen molar-refractivity contribution in [1.82, 2.24) is 24.8 Å². The normalized spacial score (nSPS) is 23.3. The number of aromatic nitrogens is 3. The van der Waals surface area contributed by atoms with Crippen molar-refractivity contribution in [3.05, 3.63) is 60.4 Å². The molecular weight excluding hydrogens is 426 g/mol. The van der Waals surface area contributed by atoms with Gasteiger partial charge in [0.15, 0.2) is 0 Å². The first-order chi connectivity index (χ1) is 16.8. The maximum Gasteiger partial charge on any atom is 0.227 e. The van der Waals surface area contributed by atoms with Crippen LogP contribution in [0.3, 0.4) is 0 Å².